The summed E-state index contributed by atoms with van der Waals surface area (Å²) in [6, 6.07) is 1.61. The molecule has 2 heterocycles. The number of aryl methyl sites for hydroxylation is 1. The van der Waals surface area contributed by atoms with Gasteiger partial charge in [0.25, 0.3) is 0 Å². The van der Waals surface area contributed by atoms with Crippen molar-refractivity contribution in [3.63, 3.8) is 0 Å². The number of nitrogens with zero attached hydrogens (tertiary/aromatic N) is 2. The van der Waals surface area contributed by atoms with E-state index in [0.29, 0.717) is 11.6 Å². The van der Waals surface area contributed by atoms with Gasteiger partial charge < -0.3 is 9.63 Å². The summed E-state index contributed by atoms with van der Waals surface area (Å²) in [4.78, 5) is 23.5. The van der Waals surface area contributed by atoms with Crippen molar-refractivity contribution < 1.29 is 19.2 Å². The number of amides is 1. The first-order valence-electron chi connectivity index (χ1n) is 4.54. The lowest BCUT2D eigenvalue weighted by molar-refractivity contribution is -0.141. The molecule has 2 rings (SSSR count). The molecular weight excluding hydrogens is 200 g/mol. The molecule has 0 aromatic carbocycles. The lowest BCUT2D eigenvalue weighted by atomic mass is 10.1. The summed E-state index contributed by atoms with van der Waals surface area (Å²) in [5.74, 6) is -0.839. The third-order valence-corrected chi connectivity index (χ3v) is 2.37. The van der Waals surface area contributed by atoms with Gasteiger partial charge in [0.05, 0.1) is 5.92 Å². The molecule has 15 heavy (non-hydrogen) atoms. The predicted octanol–water partition coefficient (Wildman–Crippen LogP) is 0.421. The molecule has 80 valence electrons. The molecule has 1 fully saturated rings. The summed E-state index contributed by atoms with van der Waals surface area (Å²) in [5, 5.41) is 12.5. The molecule has 1 aromatic rings. The Hall–Kier alpha value is -1.85. The average molecular weight is 210 g/mol. The van der Waals surface area contributed by atoms with Crippen molar-refractivity contribution in [3.8, 4) is 0 Å². The van der Waals surface area contributed by atoms with Crippen LogP contribution in [0.4, 0.5) is 5.82 Å². The zero-order chi connectivity index (χ0) is 11.0. The molecule has 1 unspecified atom stereocenters. The van der Waals surface area contributed by atoms with E-state index in [-0.39, 0.29) is 18.9 Å². The highest BCUT2D eigenvalue weighted by Crippen LogP contribution is 2.24. The van der Waals surface area contributed by atoms with Crippen LogP contribution in [0.3, 0.4) is 0 Å². The molecule has 0 aliphatic carbocycles. The van der Waals surface area contributed by atoms with Gasteiger partial charge in [0.1, 0.15) is 5.76 Å². The van der Waals surface area contributed by atoms with Gasteiger partial charge in [-0.05, 0) is 6.92 Å². The number of aliphatic carboxylic acids is 1. The highest BCUT2D eigenvalue weighted by Gasteiger charge is 2.36. The number of carboxylic acids is 1. The van der Waals surface area contributed by atoms with Crippen molar-refractivity contribution in [1.82, 2.24) is 5.16 Å². The van der Waals surface area contributed by atoms with Crippen LogP contribution in [0.25, 0.3) is 0 Å². The van der Waals surface area contributed by atoms with Gasteiger partial charge in [-0.25, -0.2) is 0 Å². The fraction of sp³-hybridized carbons (Fsp3) is 0.444. The normalized spacial score (nSPS) is 21.0. The van der Waals surface area contributed by atoms with E-state index in [4.69, 9.17) is 9.63 Å². The van der Waals surface area contributed by atoms with Crippen LogP contribution in [-0.2, 0) is 9.59 Å². The van der Waals surface area contributed by atoms with Crippen molar-refractivity contribution in [2.75, 3.05) is 11.4 Å². The van der Waals surface area contributed by atoms with Gasteiger partial charge in [-0.1, -0.05) is 5.16 Å². The second-order valence-corrected chi connectivity index (χ2v) is 3.54. The van der Waals surface area contributed by atoms with E-state index in [1.807, 2.05) is 0 Å². The summed E-state index contributed by atoms with van der Waals surface area (Å²) in [7, 11) is 0. The molecule has 1 amide bonds. The Labute approximate surface area is 85.5 Å². The molecule has 1 atom stereocenters. The Kier molecular flexibility index (Phi) is 2.18. The van der Waals surface area contributed by atoms with Crippen LogP contribution in [0.2, 0.25) is 0 Å². The fourth-order valence-electron chi connectivity index (χ4n) is 1.57. The van der Waals surface area contributed by atoms with Gasteiger partial charge in [-0.15, -0.1) is 0 Å². The molecule has 1 N–H and O–H groups in total. The molecular formula is C9H10N2O4. The second kappa shape index (κ2) is 3.38. The largest absolute Gasteiger partial charge is 0.481 e. The van der Waals surface area contributed by atoms with Crippen LogP contribution < -0.4 is 4.90 Å². The predicted molar refractivity (Wildman–Crippen MR) is 49.3 cm³/mol. The number of hydrogen-bond acceptors (Lipinski definition) is 4. The summed E-state index contributed by atoms with van der Waals surface area (Å²) in [5.41, 5.74) is 0. The van der Waals surface area contributed by atoms with Crippen molar-refractivity contribution in [1.29, 1.82) is 0 Å². The Morgan fingerprint density at radius 2 is 2.47 bits per heavy atom. The maximum absolute atomic E-state index is 11.5. The van der Waals surface area contributed by atoms with Crippen LogP contribution in [0.1, 0.15) is 12.2 Å². The maximum Gasteiger partial charge on any atom is 0.308 e. The van der Waals surface area contributed by atoms with Gasteiger partial charge in [0.15, 0.2) is 5.82 Å². The van der Waals surface area contributed by atoms with E-state index in [9.17, 15) is 9.59 Å². The van der Waals surface area contributed by atoms with Gasteiger partial charge in [-0.2, -0.15) is 0 Å². The number of aromatic nitrogens is 1. The first-order valence-corrected chi connectivity index (χ1v) is 4.54. The Morgan fingerprint density at radius 3 is 2.93 bits per heavy atom. The van der Waals surface area contributed by atoms with E-state index >= 15 is 0 Å². The smallest absolute Gasteiger partial charge is 0.308 e. The lowest BCUT2D eigenvalue weighted by Gasteiger charge is -2.10. The SMILES string of the molecule is Cc1cc(N2CC(C(=O)O)CC2=O)no1. The molecule has 1 aromatic heterocycles. The summed E-state index contributed by atoms with van der Waals surface area (Å²) >= 11 is 0. The second-order valence-electron chi connectivity index (χ2n) is 3.54. The summed E-state index contributed by atoms with van der Waals surface area (Å²) in [6.45, 7) is 1.88. The standard InChI is InChI=1S/C9H10N2O4/c1-5-2-7(10-15-5)11-4-6(9(13)14)3-8(11)12/h2,6H,3-4H2,1H3,(H,13,14). The first-order chi connectivity index (χ1) is 7.08. The van der Waals surface area contributed by atoms with E-state index in [1.54, 1.807) is 13.0 Å². The van der Waals surface area contributed by atoms with E-state index in [0.717, 1.165) is 0 Å². The van der Waals surface area contributed by atoms with Crippen molar-refractivity contribution in [2.45, 2.75) is 13.3 Å². The minimum atomic E-state index is -0.953. The Balaban J connectivity index is 2.18. The lowest BCUT2D eigenvalue weighted by Crippen LogP contribution is -2.25. The molecule has 1 aliphatic heterocycles. The van der Waals surface area contributed by atoms with Crippen molar-refractivity contribution >= 4 is 17.7 Å². The third kappa shape index (κ3) is 1.70. The van der Waals surface area contributed by atoms with Crippen molar-refractivity contribution in [2.24, 2.45) is 5.92 Å². The van der Waals surface area contributed by atoms with Gasteiger partial charge in [-0.3, -0.25) is 14.5 Å². The molecule has 6 nitrogen and oxygen atoms in total. The monoisotopic (exact) mass is 210 g/mol. The van der Waals surface area contributed by atoms with Crippen LogP contribution in [0, 0.1) is 12.8 Å². The molecule has 0 radical (unpaired) electrons. The van der Waals surface area contributed by atoms with E-state index in [1.165, 1.54) is 4.90 Å². The quantitative estimate of drug-likeness (QED) is 0.764. The van der Waals surface area contributed by atoms with Crippen LogP contribution in [0.5, 0.6) is 0 Å². The van der Waals surface area contributed by atoms with Crippen LogP contribution in [-0.4, -0.2) is 28.7 Å². The highest BCUT2D eigenvalue weighted by molar-refractivity contribution is 5.98. The highest BCUT2D eigenvalue weighted by atomic mass is 16.5. The maximum atomic E-state index is 11.5. The number of carboxylic acid groups (broad SMARTS) is 1. The summed E-state index contributed by atoms with van der Waals surface area (Å²) < 4.78 is 4.83. The number of carbonyl (C=O) groups excluding carboxylic acids is 1. The minimum Gasteiger partial charge on any atom is -0.481 e. The average Bonchev–Trinajstić information content (AvgIpc) is 2.71. The van der Waals surface area contributed by atoms with E-state index in [2.05, 4.69) is 5.16 Å². The fourth-order valence-corrected chi connectivity index (χ4v) is 1.57. The molecule has 6 heteroatoms. The Morgan fingerprint density at radius 1 is 1.73 bits per heavy atom. The zero-order valence-corrected chi connectivity index (χ0v) is 8.14. The molecule has 0 bridgehead atoms. The van der Waals surface area contributed by atoms with Crippen molar-refractivity contribution in [3.05, 3.63) is 11.8 Å². The van der Waals surface area contributed by atoms with Gasteiger partial charge in [0.2, 0.25) is 5.91 Å². The number of rotatable bonds is 2. The number of hydrogen-bond donors (Lipinski definition) is 1. The molecule has 1 saturated heterocycles. The Bertz CT molecular complexity index is 412. The first kappa shape index (κ1) is 9.70. The van der Waals surface area contributed by atoms with E-state index < -0.39 is 11.9 Å². The number of carbonyl (C=O) groups is 2. The number of anilines is 1. The molecule has 0 saturated carbocycles. The van der Waals surface area contributed by atoms with Gasteiger partial charge >= 0.3 is 5.97 Å². The topological polar surface area (TPSA) is 83.6 Å². The zero-order valence-electron chi connectivity index (χ0n) is 8.14. The summed E-state index contributed by atoms with van der Waals surface area (Å²) in [6.07, 6.45) is 0.0290. The van der Waals surface area contributed by atoms with Crippen LogP contribution >= 0.6 is 0 Å². The third-order valence-electron chi connectivity index (χ3n) is 2.37. The molecule has 0 spiro atoms. The van der Waals surface area contributed by atoms with Crippen LogP contribution in [0.15, 0.2) is 10.6 Å². The van der Waals surface area contributed by atoms with Gasteiger partial charge in [0, 0.05) is 19.0 Å². The molecule has 1 aliphatic rings. The minimum absolute atomic E-state index is 0.0290.